The van der Waals surface area contributed by atoms with E-state index in [9.17, 15) is 4.79 Å². The molecule has 0 unspecified atom stereocenters. The van der Waals surface area contributed by atoms with E-state index < -0.39 is 0 Å². The van der Waals surface area contributed by atoms with Gasteiger partial charge in [-0.25, -0.2) is 4.98 Å². The summed E-state index contributed by atoms with van der Waals surface area (Å²) >= 11 is 6.12. The molecule has 1 heterocycles. The fraction of sp³-hybridized carbons (Fsp3) is 0.226. The monoisotopic (exact) mass is 511 g/mol. The van der Waals surface area contributed by atoms with Crippen molar-refractivity contribution in [1.29, 1.82) is 0 Å². The molecule has 0 saturated carbocycles. The third-order valence-electron chi connectivity index (χ3n) is 6.54. The molecule has 0 radical (unpaired) electrons. The molecule has 5 rings (SSSR count). The first-order chi connectivity index (χ1) is 18.2. The lowest BCUT2D eigenvalue weighted by atomic mass is 10.1. The molecule has 0 atom stereocenters. The molecule has 6 heteroatoms. The average molecular weight is 512 g/mol. The zero-order valence-electron chi connectivity index (χ0n) is 20.7. The van der Waals surface area contributed by atoms with E-state index in [1.54, 1.807) is 12.1 Å². The molecule has 0 bridgehead atoms. The van der Waals surface area contributed by atoms with Crippen LogP contribution in [0.1, 0.15) is 35.4 Å². The highest BCUT2D eigenvalue weighted by Crippen LogP contribution is 2.25. The van der Waals surface area contributed by atoms with Crippen molar-refractivity contribution in [2.45, 2.75) is 32.2 Å². The van der Waals surface area contributed by atoms with Gasteiger partial charge >= 0.3 is 0 Å². The van der Waals surface area contributed by atoms with Crippen LogP contribution in [-0.4, -0.2) is 28.6 Å². The summed E-state index contributed by atoms with van der Waals surface area (Å²) < 4.78 is 8.50. The number of amides is 1. The zero-order chi connectivity index (χ0) is 25.5. The Morgan fingerprint density at radius 1 is 0.865 bits per heavy atom. The fourth-order valence-electron chi connectivity index (χ4n) is 4.66. The maximum atomic E-state index is 12.3. The largest absolute Gasteiger partial charge is 0.491 e. The number of rotatable bonds is 11. The number of imidazole rings is 1. The number of nitrogens with zero attached hydrogens (tertiary/aromatic N) is 2. The van der Waals surface area contributed by atoms with Gasteiger partial charge in [-0.2, -0.15) is 0 Å². The Morgan fingerprint density at radius 2 is 1.65 bits per heavy atom. The number of aromatic nitrogens is 2. The normalized spacial score (nSPS) is 11.2. The van der Waals surface area contributed by atoms with Gasteiger partial charge in [0.05, 0.1) is 28.2 Å². The molecule has 37 heavy (non-hydrogen) atoms. The van der Waals surface area contributed by atoms with Crippen LogP contribution in [0.25, 0.3) is 21.8 Å². The lowest BCUT2D eigenvalue weighted by Crippen LogP contribution is -2.24. The summed E-state index contributed by atoms with van der Waals surface area (Å²) in [6.45, 7) is 1.92. The Bertz CT molecular complexity index is 1510. The molecular formula is C31H30ClN3O2. The van der Waals surface area contributed by atoms with Gasteiger partial charge in [-0.15, -0.1) is 0 Å². The molecule has 0 aliphatic rings. The minimum atomic E-state index is -0.126. The second kappa shape index (κ2) is 11.9. The van der Waals surface area contributed by atoms with E-state index >= 15 is 0 Å². The second-order valence-corrected chi connectivity index (χ2v) is 9.45. The van der Waals surface area contributed by atoms with Crippen LogP contribution in [0.5, 0.6) is 5.75 Å². The van der Waals surface area contributed by atoms with Crippen LogP contribution < -0.4 is 10.1 Å². The van der Waals surface area contributed by atoms with Gasteiger partial charge in [0.2, 0.25) is 0 Å². The lowest BCUT2D eigenvalue weighted by molar-refractivity contribution is 0.0953. The SMILES string of the molecule is O=C(NCCCCCc1nc2ccccc2n1CCOc1cccc2ccccc12)c1ccccc1Cl. The van der Waals surface area contributed by atoms with E-state index in [-0.39, 0.29) is 5.91 Å². The summed E-state index contributed by atoms with van der Waals surface area (Å²) in [5, 5.41) is 5.75. The molecule has 0 aliphatic heterocycles. The van der Waals surface area contributed by atoms with Crippen LogP contribution in [-0.2, 0) is 13.0 Å². The van der Waals surface area contributed by atoms with Crippen molar-refractivity contribution in [3.8, 4) is 5.75 Å². The highest BCUT2D eigenvalue weighted by molar-refractivity contribution is 6.33. The van der Waals surface area contributed by atoms with Crippen LogP contribution in [0.3, 0.4) is 0 Å². The Kier molecular flexibility index (Phi) is 8.02. The predicted molar refractivity (Wildman–Crippen MR) is 151 cm³/mol. The number of aryl methyl sites for hydroxylation is 1. The van der Waals surface area contributed by atoms with Gasteiger partial charge in [-0.1, -0.05) is 78.7 Å². The third-order valence-corrected chi connectivity index (χ3v) is 6.87. The second-order valence-electron chi connectivity index (χ2n) is 9.04. The summed E-state index contributed by atoms with van der Waals surface area (Å²) in [6.07, 6.45) is 3.77. The van der Waals surface area contributed by atoms with Crippen LogP contribution in [0.2, 0.25) is 5.02 Å². The molecule has 5 aromatic rings. The first-order valence-corrected chi connectivity index (χ1v) is 13.2. The molecule has 4 aromatic carbocycles. The summed E-state index contributed by atoms with van der Waals surface area (Å²) in [6, 6.07) is 29.8. The van der Waals surface area contributed by atoms with Crippen molar-refractivity contribution >= 4 is 39.3 Å². The Labute approximate surface area is 222 Å². The van der Waals surface area contributed by atoms with Crippen LogP contribution in [0.15, 0.2) is 91.0 Å². The Hall–Kier alpha value is -3.83. The zero-order valence-corrected chi connectivity index (χ0v) is 21.5. The summed E-state index contributed by atoms with van der Waals surface area (Å²) in [7, 11) is 0. The minimum absolute atomic E-state index is 0.126. The maximum Gasteiger partial charge on any atom is 0.252 e. The number of benzene rings is 4. The van der Waals surface area contributed by atoms with E-state index in [4.69, 9.17) is 21.3 Å². The van der Waals surface area contributed by atoms with E-state index in [0.717, 1.165) is 60.2 Å². The van der Waals surface area contributed by atoms with Crippen molar-refractivity contribution in [2.24, 2.45) is 0 Å². The number of unbranched alkanes of at least 4 members (excludes halogenated alkanes) is 2. The van der Waals surface area contributed by atoms with E-state index in [2.05, 4.69) is 46.3 Å². The third kappa shape index (κ3) is 5.95. The van der Waals surface area contributed by atoms with Gasteiger partial charge in [0.15, 0.2) is 0 Å². The molecule has 0 aliphatic carbocycles. The summed E-state index contributed by atoms with van der Waals surface area (Å²) in [4.78, 5) is 17.2. The first kappa shape index (κ1) is 24.8. The van der Waals surface area contributed by atoms with Crippen LogP contribution in [0.4, 0.5) is 0 Å². The maximum absolute atomic E-state index is 12.3. The van der Waals surface area contributed by atoms with Gasteiger partial charge in [0.1, 0.15) is 18.2 Å². The average Bonchev–Trinajstić information content (AvgIpc) is 3.28. The topological polar surface area (TPSA) is 56.2 Å². The molecule has 1 aromatic heterocycles. The molecular weight excluding hydrogens is 482 g/mol. The summed E-state index contributed by atoms with van der Waals surface area (Å²) in [5.74, 6) is 1.85. The molecule has 0 spiro atoms. The van der Waals surface area contributed by atoms with Gasteiger partial charge < -0.3 is 14.6 Å². The van der Waals surface area contributed by atoms with Crippen LogP contribution >= 0.6 is 11.6 Å². The van der Waals surface area contributed by atoms with Crippen molar-refractivity contribution in [1.82, 2.24) is 14.9 Å². The number of carbonyl (C=O) groups excluding carboxylic acids is 1. The number of carbonyl (C=O) groups is 1. The van der Waals surface area contributed by atoms with Crippen molar-refractivity contribution in [2.75, 3.05) is 13.2 Å². The van der Waals surface area contributed by atoms with E-state index in [0.29, 0.717) is 23.7 Å². The van der Waals surface area contributed by atoms with Crippen molar-refractivity contribution in [3.63, 3.8) is 0 Å². The summed E-state index contributed by atoms with van der Waals surface area (Å²) in [5.41, 5.74) is 2.66. The molecule has 1 amide bonds. The number of para-hydroxylation sites is 2. The quantitative estimate of drug-likeness (QED) is 0.193. The van der Waals surface area contributed by atoms with Gasteiger partial charge in [-0.3, -0.25) is 4.79 Å². The van der Waals surface area contributed by atoms with Gasteiger partial charge in [0, 0.05) is 18.4 Å². The molecule has 1 N–H and O–H groups in total. The highest BCUT2D eigenvalue weighted by atomic mass is 35.5. The standard InChI is InChI=1S/C31H30ClN3O2/c32-26-15-6-5-14-25(26)31(36)33-20-9-1-2-19-30-34-27-16-7-8-17-28(27)35(30)21-22-37-29-18-10-12-23-11-3-4-13-24(23)29/h3-8,10-18H,1-2,9,19-22H2,(H,33,36). The number of hydrogen-bond donors (Lipinski definition) is 1. The van der Waals surface area contributed by atoms with Crippen LogP contribution in [0, 0.1) is 0 Å². The highest BCUT2D eigenvalue weighted by Gasteiger charge is 2.12. The number of ether oxygens (including phenoxy) is 1. The molecule has 0 saturated heterocycles. The van der Waals surface area contributed by atoms with Crippen molar-refractivity contribution in [3.05, 3.63) is 107 Å². The van der Waals surface area contributed by atoms with E-state index in [1.165, 1.54) is 5.39 Å². The van der Waals surface area contributed by atoms with Gasteiger partial charge in [-0.05, 0) is 48.6 Å². The first-order valence-electron chi connectivity index (χ1n) is 12.8. The minimum Gasteiger partial charge on any atom is -0.491 e. The fourth-order valence-corrected chi connectivity index (χ4v) is 4.88. The number of nitrogens with one attached hydrogen (secondary N) is 1. The molecule has 188 valence electrons. The number of hydrogen-bond acceptors (Lipinski definition) is 3. The van der Waals surface area contributed by atoms with Crippen molar-refractivity contribution < 1.29 is 9.53 Å². The number of halogens is 1. The van der Waals surface area contributed by atoms with E-state index in [1.807, 2.05) is 42.5 Å². The predicted octanol–water partition coefficient (Wildman–Crippen LogP) is 7.06. The number of fused-ring (bicyclic) bond motifs is 2. The Balaban J connectivity index is 1.16. The Morgan fingerprint density at radius 3 is 2.57 bits per heavy atom. The molecule has 5 nitrogen and oxygen atoms in total. The molecule has 0 fully saturated rings. The lowest BCUT2D eigenvalue weighted by Gasteiger charge is -2.12. The van der Waals surface area contributed by atoms with Gasteiger partial charge in [0.25, 0.3) is 5.91 Å². The smallest absolute Gasteiger partial charge is 0.252 e.